The van der Waals surface area contributed by atoms with Crippen molar-refractivity contribution < 1.29 is 28.5 Å². The molecule has 2 heterocycles. The Morgan fingerprint density at radius 3 is 2.18 bits per heavy atom. The lowest BCUT2D eigenvalue weighted by molar-refractivity contribution is 0.181. The highest BCUT2D eigenvalue weighted by Crippen LogP contribution is 2.43. The number of anilines is 1. The van der Waals surface area contributed by atoms with Crippen LogP contribution in [0.15, 0.2) is 48.7 Å². The van der Waals surface area contributed by atoms with Crippen molar-refractivity contribution in [3.05, 3.63) is 59.9 Å². The number of hydrogen-bond donors (Lipinski definition) is 1. The third-order valence-electron chi connectivity index (χ3n) is 5.95. The first-order chi connectivity index (χ1) is 16.5. The molecule has 1 unspecified atom stereocenters. The molecule has 1 atom stereocenters. The Bertz CT molecular complexity index is 1150. The second kappa shape index (κ2) is 9.86. The number of aromatic nitrogens is 1. The summed E-state index contributed by atoms with van der Waals surface area (Å²) in [7, 11) is 7.85. The number of benzene rings is 2. The first-order valence-corrected chi connectivity index (χ1v) is 10.8. The third-order valence-corrected chi connectivity index (χ3v) is 5.95. The smallest absolute Gasteiger partial charge is 0.322 e. The monoisotopic (exact) mass is 467 g/mol. The van der Waals surface area contributed by atoms with Gasteiger partial charge < -0.3 is 38.5 Å². The van der Waals surface area contributed by atoms with E-state index >= 15 is 0 Å². The fourth-order valence-corrected chi connectivity index (χ4v) is 4.30. The van der Waals surface area contributed by atoms with E-state index in [9.17, 15) is 4.79 Å². The zero-order valence-electron chi connectivity index (χ0n) is 20.0. The molecule has 1 aliphatic heterocycles. The number of rotatable bonds is 7. The minimum atomic E-state index is -0.373. The molecule has 0 spiro atoms. The largest absolute Gasteiger partial charge is 0.497 e. The normalized spacial score (nSPS) is 14.7. The van der Waals surface area contributed by atoms with Gasteiger partial charge in [-0.2, -0.15) is 0 Å². The highest BCUT2D eigenvalue weighted by atomic mass is 16.5. The van der Waals surface area contributed by atoms with Crippen LogP contribution in [0.5, 0.6) is 28.7 Å². The Morgan fingerprint density at radius 2 is 1.56 bits per heavy atom. The zero-order valence-corrected chi connectivity index (χ0v) is 20.0. The van der Waals surface area contributed by atoms with Gasteiger partial charge in [-0.3, -0.25) is 0 Å². The van der Waals surface area contributed by atoms with Crippen LogP contribution in [0.25, 0.3) is 0 Å². The molecule has 3 aromatic rings. The van der Waals surface area contributed by atoms with Crippen molar-refractivity contribution in [2.24, 2.45) is 0 Å². The molecule has 4 rings (SSSR count). The van der Waals surface area contributed by atoms with E-state index in [1.165, 1.54) is 0 Å². The number of ether oxygens (including phenoxy) is 5. The number of methoxy groups -OCH3 is 5. The first-order valence-electron chi connectivity index (χ1n) is 10.8. The van der Waals surface area contributed by atoms with Crippen molar-refractivity contribution in [2.45, 2.75) is 12.6 Å². The second-order valence-corrected chi connectivity index (χ2v) is 7.68. The lowest BCUT2D eigenvalue weighted by atomic mass is 9.99. The predicted molar refractivity (Wildman–Crippen MR) is 128 cm³/mol. The van der Waals surface area contributed by atoms with E-state index in [1.807, 2.05) is 30.5 Å². The van der Waals surface area contributed by atoms with Gasteiger partial charge >= 0.3 is 6.03 Å². The van der Waals surface area contributed by atoms with Gasteiger partial charge in [0.2, 0.25) is 5.75 Å². The van der Waals surface area contributed by atoms with Gasteiger partial charge in [0.1, 0.15) is 11.5 Å². The van der Waals surface area contributed by atoms with Gasteiger partial charge in [-0.1, -0.05) is 0 Å². The summed E-state index contributed by atoms with van der Waals surface area (Å²) in [4.78, 5) is 15.4. The summed E-state index contributed by atoms with van der Waals surface area (Å²) >= 11 is 0. The van der Waals surface area contributed by atoms with E-state index in [0.29, 0.717) is 47.5 Å². The highest BCUT2D eigenvalue weighted by Gasteiger charge is 2.34. The first kappa shape index (κ1) is 23.2. The molecule has 1 aliphatic rings. The highest BCUT2D eigenvalue weighted by molar-refractivity contribution is 5.91. The molecule has 9 heteroatoms. The van der Waals surface area contributed by atoms with Crippen molar-refractivity contribution in [1.82, 2.24) is 9.47 Å². The maximum atomic E-state index is 13.6. The summed E-state index contributed by atoms with van der Waals surface area (Å²) in [6.45, 7) is 1.18. The van der Waals surface area contributed by atoms with E-state index in [-0.39, 0.29) is 12.1 Å². The quantitative estimate of drug-likeness (QED) is 0.562. The SMILES string of the molecule is COc1ccc(NC(=O)N2CCn3cccc3C2c2cc(OC)c(OC)c(OC)c2)c(OC)c1. The van der Waals surface area contributed by atoms with Crippen LogP contribution in [0.4, 0.5) is 10.5 Å². The van der Waals surface area contributed by atoms with Gasteiger partial charge in [0, 0.05) is 31.0 Å². The van der Waals surface area contributed by atoms with Crippen molar-refractivity contribution in [2.75, 3.05) is 47.4 Å². The predicted octanol–water partition coefficient (Wildman–Crippen LogP) is 4.17. The minimum Gasteiger partial charge on any atom is -0.497 e. The van der Waals surface area contributed by atoms with Gasteiger partial charge in [0.05, 0.1) is 47.3 Å². The molecule has 0 saturated heterocycles. The molecule has 0 radical (unpaired) electrons. The second-order valence-electron chi connectivity index (χ2n) is 7.68. The van der Waals surface area contributed by atoms with Crippen molar-refractivity contribution in [3.8, 4) is 28.7 Å². The summed E-state index contributed by atoms with van der Waals surface area (Å²) in [5, 5.41) is 2.99. The Hall–Kier alpha value is -4.01. The van der Waals surface area contributed by atoms with Crippen molar-refractivity contribution in [3.63, 3.8) is 0 Å². The number of urea groups is 1. The zero-order chi connectivity index (χ0) is 24.2. The standard InChI is InChI=1S/C25H29N3O6/c1-30-17-8-9-18(20(15-17)31-2)26-25(29)28-12-11-27-10-6-7-19(27)23(28)16-13-21(32-3)24(34-5)22(14-16)33-4/h6-10,13-15,23H,11-12H2,1-5H3,(H,26,29). The molecular weight excluding hydrogens is 438 g/mol. The van der Waals surface area contributed by atoms with Gasteiger partial charge in [-0.05, 0) is 42.0 Å². The van der Waals surface area contributed by atoms with Crippen molar-refractivity contribution >= 4 is 11.7 Å². The number of nitrogens with one attached hydrogen (secondary N) is 1. The van der Waals surface area contributed by atoms with Crippen molar-refractivity contribution in [1.29, 1.82) is 0 Å². The van der Waals surface area contributed by atoms with Gasteiger partial charge in [-0.15, -0.1) is 0 Å². The molecule has 1 N–H and O–H groups in total. The number of fused-ring (bicyclic) bond motifs is 1. The molecule has 2 amide bonds. The molecule has 2 aromatic carbocycles. The summed E-state index contributed by atoms with van der Waals surface area (Å²) in [5.74, 6) is 2.70. The van der Waals surface area contributed by atoms with Crippen LogP contribution in [0.1, 0.15) is 17.3 Å². The van der Waals surface area contributed by atoms with Gasteiger partial charge in [0.15, 0.2) is 11.5 Å². The van der Waals surface area contributed by atoms with Crippen LogP contribution in [0.3, 0.4) is 0 Å². The maximum Gasteiger partial charge on any atom is 0.322 e. The number of carbonyl (C=O) groups excluding carboxylic acids is 1. The summed E-state index contributed by atoms with van der Waals surface area (Å²) in [6.07, 6.45) is 2.02. The van der Waals surface area contributed by atoms with Crippen LogP contribution in [-0.2, 0) is 6.54 Å². The fourth-order valence-electron chi connectivity index (χ4n) is 4.30. The Morgan fingerprint density at radius 1 is 0.853 bits per heavy atom. The van der Waals surface area contributed by atoms with E-state index < -0.39 is 0 Å². The summed E-state index contributed by atoms with van der Waals surface area (Å²) in [6, 6.07) is 12.4. The molecule has 180 valence electrons. The van der Waals surface area contributed by atoms with Crippen LogP contribution >= 0.6 is 0 Å². The van der Waals surface area contributed by atoms with Crippen LogP contribution in [-0.4, -0.2) is 57.6 Å². The van der Waals surface area contributed by atoms with E-state index in [0.717, 1.165) is 11.3 Å². The average molecular weight is 468 g/mol. The molecule has 0 aliphatic carbocycles. The molecule has 0 saturated carbocycles. The van der Waals surface area contributed by atoms with E-state index in [2.05, 4.69) is 9.88 Å². The molecule has 1 aromatic heterocycles. The molecule has 0 bridgehead atoms. The Kier molecular flexibility index (Phi) is 6.72. The number of amides is 2. The van der Waals surface area contributed by atoms with Crippen LogP contribution in [0, 0.1) is 0 Å². The number of nitrogens with zero attached hydrogens (tertiary/aromatic N) is 2. The summed E-state index contributed by atoms with van der Waals surface area (Å²) < 4.78 is 29.5. The number of hydrogen-bond acceptors (Lipinski definition) is 6. The lowest BCUT2D eigenvalue weighted by Gasteiger charge is -2.37. The summed E-state index contributed by atoms with van der Waals surface area (Å²) in [5.41, 5.74) is 2.38. The Balaban J connectivity index is 1.74. The minimum absolute atomic E-state index is 0.255. The topological polar surface area (TPSA) is 83.4 Å². The molecule has 34 heavy (non-hydrogen) atoms. The van der Waals surface area contributed by atoms with Gasteiger partial charge in [0.25, 0.3) is 0 Å². The van der Waals surface area contributed by atoms with Gasteiger partial charge in [-0.25, -0.2) is 4.79 Å². The third kappa shape index (κ3) is 4.16. The van der Waals surface area contributed by atoms with E-state index in [4.69, 9.17) is 23.7 Å². The average Bonchev–Trinajstić information content (AvgIpc) is 3.36. The van der Waals surface area contributed by atoms with Crippen LogP contribution in [0.2, 0.25) is 0 Å². The fraction of sp³-hybridized carbons (Fsp3) is 0.320. The van der Waals surface area contributed by atoms with Crippen LogP contribution < -0.4 is 29.0 Å². The molecule has 9 nitrogen and oxygen atoms in total. The lowest BCUT2D eigenvalue weighted by Crippen LogP contribution is -2.44. The molecular formula is C25H29N3O6. The van der Waals surface area contributed by atoms with E-state index in [1.54, 1.807) is 58.6 Å². The molecule has 0 fully saturated rings. The Labute approximate surface area is 198 Å². The maximum absolute atomic E-state index is 13.6. The number of carbonyl (C=O) groups is 1.